The minimum absolute atomic E-state index is 0.275. The van der Waals surface area contributed by atoms with Crippen LogP contribution in [0.4, 0.5) is 0 Å². The topological polar surface area (TPSA) is 26.3 Å². The number of carbonyl (C=O) groups excluding carboxylic acids is 1. The van der Waals surface area contributed by atoms with Gasteiger partial charge in [0.05, 0.1) is 12.0 Å². The smallest absolute Gasteiger partial charge is 0.149 e. The fourth-order valence-electron chi connectivity index (χ4n) is 2.06. The number of carbonyl (C=O) groups is 1. The number of ether oxygens (including phenoxy) is 1. The van der Waals surface area contributed by atoms with Gasteiger partial charge in [-0.1, -0.05) is 30.7 Å². The molecular weight excluding hydrogens is 188 g/mol. The van der Waals surface area contributed by atoms with Gasteiger partial charge in [0.1, 0.15) is 5.78 Å². The van der Waals surface area contributed by atoms with E-state index in [0.717, 1.165) is 18.4 Å². The first-order chi connectivity index (χ1) is 7.17. The summed E-state index contributed by atoms with van der Waals surface area (Å²) in [5, 5.41) is 0. The lowest BCUT2D eigenvalue weighted by Gasteiger charge is -2.31. The zero-order valence-electron chi connectivity index (χ0n) is 9.88. The van der Waals surface area contributed by atoms with E-state index >= 15 is 0 Å². The molecule has 1 aliphatic rings. The highest BCUT2D eigenvalue weighted by atomic mass is 16.5. The minimum Gasteiger partial charge on any atom is -0.383 e. The lowest BCUT2D eigenvalue weighted by atomic mass is 9.73. The van der Waals surface area contributed by atoms with Crippen LogP contribution in [0.2, 0.25) is 0 Å². The van der Waals surface area contributed by atoms with Crippen LogP contribution in [0.3, 0.4) is 0 Å². The molecule has 0 heterocycles. The molecule has 84 valence electrons. The SMILES string of the molecule is CCCC(=O)C1(COC)C=CCC=C1C. The van der Waals surface area contributed by atoms with E-state index in [0.29, 0.717) is 13.0 Å². The molecule has 0 aromatic heterocycles. The number of methoxy groups -OCH3 is 1. The fourth-order valence-corrected chi connectivity index (χ4v) is 2.06. The molecule has 0 spiro atoms. The Morgan fingerprint density at radius 1 is 1.60 bits per heavy atom. The molecule has 0 saturated carbocycles. The molecule has 0 N–H and O–H groups in total. The Labute approximate surface area is 92.0 Å². The number of hydrogen-bond donors (Lipinski definition) is 0. The van der Waals surface area contributed by atoms with Gasteiger partial charge in [0, 0.05) is 13.5 Å². The van der Waals surface area contributed by atoms with Crippen molar-refractivity contribution in [3.05, 3.63) is 23.8 Å². The largest absolute Gasteiger partial charge is 0.383 e. The van der Waals surface area contributed by atoms with Gasteiger partial charge in [0.25, 0.3) is 0 Å². The maximum absolute atomic E-state index is 12.1. The average Bonchev–Trinajstić information content (AvgIpc) is 2.22. The molecule has 0 fully saturated rings. The highest BCUT2D eigenvalue weighted by Gasteiger charge is 2.37. The Morgan fingerprint density at radius 3 is 2.87 bits per heavy atom. The van der Waals surface area contributed by atoms with Crippen LogP contribution < -0.4 is 0 Å². The number of allylic oxidation sites excluding steroid dienone is 2. The van der Waals surface area contributed by atoms with Crippen molar-refractivity contribution in [2.24, 2.45) is 5.41 Å². The Bertz CT molecular complexity index is 289. The summed E-state index contributed by atoms with van der Waals surface area (Å²) in [6.07, 6.45) is 8.64. The second-order valence-corrected chi connectivity index (χ2v) is 4.10. The van der Waals surface area contributed by atoms with Gasteiger partial charge in [-0.15, -0.1) is 0 Å². The molecule has 0 aromatic carbocycles. The predicted octanol–water partition coefficient (Wildman–Crippen LogP) is 2.89. The van der Waals surface area contributed by atoms with E-state index < -0.39 is 5.41 Å². The van der Waals surface area contributed by atoms with Crippen molar-refractivity contribution in [3.8, 4) is 0 Å². The maximum Gasteiger partial charge on any atom is 0.149 e. The Hall–Kier alpha value is -0.890. The van der Waals surface area contributed by atoms with Crippen LogP contribution in [0.1, 0.15) is 33.1 Å². The van der Waals surface area contributed by atoms with Crippen LogP contribution >= 0.6 is 0 Å². The van der Waals surface area contributed by atoms with Crippen molar-refractivity contribution in [3.63, 3.8) is 0 Å². The number of hydrogen-bond acceptors (Lipinski definition) is 2. The summed E-state index contributed by atoms with van der Waals surface area (Å²) in [5.74, 6) is 0.275. The van der Waals surface area contributed by atoms with Gasteiger partial charge < -0.3 is 4.74 Å². The molecule has 0 bridgehead atoms. The third-order valence-electron chi connectivity index (χ3n) is 3.01. The zero-order valence-corrected chi connectivity index (χ0v) is 9.88. The highest BCUT2D eigenvalue weighted by Crippen LogP contribution is 2.35. The second kappa shape index (κ2) is 5.26. The number of Topliss-reactive ketones (excluding diaryl/α,β-unsaturated/α-hetero) is 1. The van der Waals surface area contributed by atoms with Gasteiger partial charge in [-0.25, -0.2) is 0 Å². The monoisotopic (exact) mass is 208 g/mol. The Balaban J connectivity index is 2.96. The maximum atomic E-state index is 12.1. The van der Waals surface area contributed by atoms with Crippen LogP contribution in [0.5, 0.6) is 0 Å². The third kappa shape index (κ3) is 2.37. The normalized spacial score (nSPS) is 25.1. The van der Waals surface area contributed by atoms with Crippen molar-refractivity contribution in [2.75, 3.05) is 13.7 Å². The average molecular weight is 208 g/mol. The van der Waals surface area contributed by atoms with Gasteiger partial charge in [0.15, 0.2) is 0 Å². The van der Waals surface area contributed by atoms with E-state index in [1.54, 1.807) is 7.11 Å². The number of ketones is 1. The molecule has 0 saturated heterocycles. The predicted molar refractivity (Wildman–Crippen MR) is 61.7 cm³/mol. The molecule has 1 rings (SSSR count). The molecule has 2 nitrogen and oxygen atoms in total. The van der Waals surface area contributed by atoms with Crippen molar-refractivity contribution in [1.29, 1.82) is 0 Å². The molecule has 1 aliphatic carbocycles. The zero-order chi connectivity index (χ0) is 11.3. The van der Waals surface area contributed by atoms with Crippen LogP contribution in [-0.2, 0) is 9.53 Å². The van der Waals surface area contributed by atoms with Crippen molar-refractivity contribution >= 4 is 5.78 Å². The first-order valence-electron chi connectivity index (χ1n) is 5.54. The van der Waals surface area contributed by atoms with Crippen LogP contribution in [0, 0.1) is 5.41 Å². The minimum atomic E-state index is -0.483. The summed E-state index contributed by atoms with van der Waals surface area (Å²) in [6, 6.07) is 0. The summed E-state index contributed by atoms with van der Waals surface area (Å²) in [5.41, 5.74) is 0.647. The van der Waals surface area contributed by atoms with Gasteiger partial charge in [-0.05, 0) is 19.8 Å². The van der Waals surface area contributed by atoms with Gasteiger partial charge >= 0.3 is 0 Å². The summed E-state index contributed by atoms with van der Waals surface area (Å²) in [6.45, 7) is 4.52. The molecule has 0 aromatic rings. The molecule has 1 unspecified atom stereocenters. The molecule has 1 atom stereocenters. The Kier molecular flexibility index (Phi) is 4.28. The van der Waals surface area contributed by atoms with Gasteiger partial charge in [0.2, 0.25) is 0 Å². The Morgan fingerprint density at radius 2 is 2.33 bits per heavy atom. The summed E-state index contributed by atoms with van der Waals surface area (Å²) in [7, 11) is 1.65. The lowest BCUT2D eigenvalue weighted by Crippen LogP contribution is -2.36. The molecule has 0 radical (unpaired) electrons. The van der Waals surface area contributed by atoms with E-state index in [4.69, 9.17) is 4.74 Å². The lowest BCUT2D eigenvalue weighted by molar-refractivity contribution is -0.126. The van der Waals surface area contributed by atoms with Crippen LogP contribution in [-0.4, -0.2) is 19.5 Å². The van der Waals surface area contributed by atoms with Gasteiger partial charge in [-0.3, -0.25) is 4.79 Å². The first kappa shape index (κ1) is 12.2. The molecule has 0 amide bonds. The fraction of sp³-hybridized carbons (Fsp3) is 0.615. The van der Waals surface area contributed by atoms with Crippen molar-refractivity contribution in [2.45, 2.75) is 33.1 Å². The van der Waals surface area contributed by atoms with Gasteiger partial charge in [-0.2, -0.15) is 0 Å². The van der Waals surface area contributed by atoms with E-state index in [1.807, 2.05) is 19.9 Å². The van der Waals surface area contributed by atoms with Crippen LogP contribution in [0.25, 0.3) is 0 Å². The van der Waals surface area contributed by atoms with E-state index in [9.17, 15) is 4.79 Å². The van der Waals surface area contributed by atoms with E-state index in [-0.39, 0.29) is 5.78 Å². The quantitative estimate of drug-likeness (QED) is 0.649. The molecule has 0 aliphatic heterocycles. The van der Waals surface area contributed by atoms with E-state index in [2.05, 4.69) is 12.2 Å². The highest BCUT2D eigenvalue weighted by molar-refractivity contribution is 5.90. The molecular formula is C13H20O2. The van der Waals surface area contributed by atoms with Crippen LogP contribution in [0.15, 0.2) is 23.8 Å². The molecule has 2 heteroatoms. The summed E-state index contributed by atoms with van der Waals surface area (Å²) >= 11 is 0. The van der Waals surface area contributed by atoms with Crippen molar-refractivity contribution < 1.29 is 9.53 Å². The first-order valence-corrected chi connectivity index (χ1v) is 5.54. The third-order valence-corrected chi connectivity index (χ3v) is 3.01. The standard InChI is InChI=1S/C13H20O2/c1-4-7-12(14)13(10-15-3)9-6-5-8-11(13)2/h6,8-9H,4-5,7,10H2,1-3H3. The summed E-state index contributed by atoms with van der Waals surface area (Å²) in [4.78, 5) is 12.1. The number of rotatable bonds is 5. The second-order valence-electron chi connectivity index (χ2n) is 4.10. The molecule has 15 heavy (non-hydrogen) atoms. The van der Waals surface area contributed by atoms with Crippen molar-refractivity contribution in [1.82, 2.24) is 0 Å². The summed E-state index contributed by atoms with van der Waals surface area (Å²) < 4.78 is 5.21. The van der Waals surface area contributed by atoms with E-state index in [1.165, 1.54) is 0 Å².